The Kier molecular flexibility index (Phi) is 5.15. The Morgan fingerprint density at radius 3 is 2.58 bits per heavy atom. The molecule has 1 aromatic carbocycles. The Bertz CT molecular complexity index is 875. The highest BCUT2D eigenvalue weighted by Gasteiger charge is 2.20. The van der Waals surface area contributed by atoms with Gasteiger partial charge < -0.3 is 4.90 Å². The first-order valence-corrected chi connectivity index (χ1v) is 9.73. The minimum atomic E-state index is -0.226. The summed E-state index contributed by atoms with van der Waals surface area (Å²) in [4.78, 5) is 13.7. The second kappa shape index (κ2) is 7.70. The summed E-state index contributed by atoms with van der Waals surface area (Å²) in [6.45, 7) is 4.49. The van der Waals surface area contributed by atoms with Crippen molar-refractivity contribution in [1.82, 2.24) is 14.9 Å². The van der Waals surface area contributed by atoms with E-state index < -0.39 is 0 Å². The number of halogens is 2. The van der Waals surface area contributed by atoms with Gasteiger partial charge in [0, 0.05) is 49.9 Å². The van der Waals surface area contributed by atoms with Crippen LogP contribution >= 0.6 is 22.9 Å². The van der Waals surface area contributed by atoms with E-state index in [2.05, 4.69) is 20.2 Å². The molecular weight excluding hydrogens is 371 g/mol. The van der Waals surface area contributed by atoms with Crippen LogP contribution in [0.1, 0.15) is 5.69 Å². The molecule has 0 spiro atoms. The van der Waals surface area contributed by atoms with E-state index in [4.69, 9.17) is 16.6 Å². The molecule has 0 aliphatic carbocycles. The van der Waals surface area contributed by atoms with E-state index in [1.165, 1.54) is 12.1 Å². The van der Waals surface area contributed by atoms with Crippen molar-refractivity contribution in [3.05, 3.63) is 64.5 Å². The van der Waals surface area contributed by atoms with Crippen LogP contribution in [0.3, 0.4) is 0 Å². The first-order chi connectivity index (χ1) is 12.7. The molecule has 1 saturated heterocycles. The largest absolute Gasteiger partial charge is 0.353 e. The van der Waals surface area contributed by atoms with Crippen molar-refractivity contribution < 1.29 is 4.39 Å². The Labute approximate surface area is 160 Å². The van der Waals surface area contributed by atoms with Crippen LogP contribution in [0.4, 0.5) is 10.2 Å². The van der Waals surface area contributed by atoms with Gasteiger partial charge >= 0.3 is 0 Å². The molecule has 0 unspecified atom stereocenters. The van der Waals surface area contributed by atoms with Crippen LogP contribution in [0.15, 0.2) is 48.0 Å². The fourth-order valence-electron chi connectivity index (χ4n) is 3.06. The van der Waals surface area contributed by atoms with E-state index in [9.17, 15) is 4.39 Å². The zero-order chi connectivity index (χ0) is 17.9. The molecule has 1 aliphatic heterocycles. The fourth-order valence-corrected chi connectivity index (χ4v) is 4.12. The number of thiazole rings is 1. The normalized spacial score (nSPS) is 15.4. The quantitative estimate of drug-likeness (QED) is 0.666. The number of rotatable bonds is 4. The number of hydrogen-bond donors (Lipinski definition) is 0. The first-order valence-electron chi connectivity index (χ1n) is 8.47. The first kappa shape index (κ1) is 17.4. The van der Waals surface area contributed by atoms with Gasteiger partial charge in [-0.1, -0.05) is 11.6 Å². The summed E-state index contributed by atoms with van der Waals surface area (Å²) >= 11 is 7.84. The molecule has 0 amide bonds. The molecule has 0 saturated carbocycles. The Morgan fingerprint density at radius 2 is 1.85 bits per heavy atom. The summed E-state index contributed by atoms with van der Waals surface area (Å²) in [5, 5.41) is 3.71. The summed E-state index contributed by atoms with van der Waals surface area (Å²) in [5.41, 5.74) is 2.01. The highest BCUT2D eigenvalue weighted by molar-refractivity contribution is 7.13. The lowest BCUT2D eigenvalue weighted by molar-refractivity contribution is 0.247. The molecular formula is C19H18ClFN4S. The number of pyridine rings is 1. The third-order valence-electron chi connectivity index (χ3n) is 4.44. The van der Waals surface area contributed by atoms with E-state index in [0.717, 1.165) is 54.8 Å². The summed E-state index contributed by atoms with van der Waals surface area (Å²) in [5.74, 6) is 0.637. The van der Waals surface area contributed by atoms with Gasteiger partial charge in [0.05, 0.1) is 10.7 Å². The van der Waals surface area contributed by atoms with Crippen molar-refractivity contribution in [2.45, 2.75) is 6.54 Å². The standard InChI is InChI=1S/C19H18ClFN4S/c20-17-2-1-7-22-18(17)25-10-8-24(9-11-25)12-16-13-26-19(23-16)14-3-5-15(21)6-4-14/h1-7,13H,8-12H2. The van der Waals surface area contributed by atoms with Crippen LogP contribution in [-0.2, 0) is 6.54 Å². The summed E-state index contributed by atoms with van der Waals surface area (Å²) in [7, 11) is 0. The van der Waals surface area contributed by atoms with Crippen molar-refractivity contribution in [3.63, 3.8) is 0 Å². The monoisotopic (exact) mass is 388 g/mol. The molecule has 2 aromatic heterocycles. The lowest BCUT2D eigenvalue weighted by atomic mass is 10.2. The maximum atomic E-state index is 13.1. The van der Waals surface area contributed by atoms with Crippen LogP contribution in [0, 0.1) is 5.82 Å². The number of nitrogens with zero attached hydrogens (tertiary/aromatic N) is 4. The highest BCUT2D eigenvalue weighted by atomic mass is 35.5. The van der Waals surface area contributed by atoms with Crippen molar-refractivity contribution >= 4 is 28.8 Å². The molecule has 3 heterocycles. The van der Waals surface area contributed by atoms with E-state index >= 15 is 0 Å². The highest BCUT2D eigenvalue weighted by Crippen LogP contribution is 2.26. The van der Waals surface area contributed by atoms with Crippen LogP contribution in [0.5, 0.6) is 0 Å². The average molecular weight is 389 g/mol. The predicted molar refractivity (Wildman–Crippen MR) is 104 cm³/mol. The van der Waals surface area contributed by atoms with E-state index in [0.29, 0.717) is 5.02 Å². The zero-order valence-corrected chi connectivity index (χ0v) is 15.7. The molecule has 0 bridgehead atoms. The van der Waals surface area contributed by atoms with E-state index in [1.54, 1.807) is 29.7 Å². The van der Waals surface area contributed by atoms with Crippen molar-refractivity contribution in [1.29, 1.82) is 0 Å². The van der Waals surface area contributed by atoms with Gasteiger partial charge in [0.25, 0.3) is 0 Å². The molecule has 1 fully saturated rings. The number of piperazine rings is 1. The molecule has 3 aromatic rings. The Hall–Kier alpha value is -2.02. The lowest BCUT2D eigenvalue weighted by Gasteiger charge is -2.35. The molecule has 26 heavy (non-hydrogen) atoms. The Balaban J connectivity index is 1.36. The molecule has 0 N–H and O–H groups in total. The number of anilines is 1. The minimum absolute atomic E-state index is 0.226. The van der Waals surface area contributed by atoms with E-state index in [-0.39, 0.29) is 5.82 Å². The second-order valence-corrected chi connectivity index (χ2v) is 7.49. The Morgan fingerprint density at radius 1 is 1.08 bits per heavy atom. The van der Waals surface area contributed by atoms with Gasteiger partial charge in [0.1, 0.15) is 16.6 Å². The predicted octanol–water partition coefficient (Wildman–Crippen LogP) is 4.32. The SMILES string of the molecule is Fc1ccc(-c2nc(CN3CCN(c4ncccc4Cl)CC3)cs2)cc1. The molecule has 1 aliphatic rings. The van der Waals surface area contributed by atoms with E-state index in [1.807, 2.05) is 12.1 Å². The summed E-state index contributed by atoms with van der Waals surface area (Å²) < 4.78 is 13.1. The number of hydrogen-bond acceptors (Lipinski definition) is 5. The van der Waals surface area contributed by atoms with Gasteiger partial charge in [-0.3, -0.25) is 4.90 Å². The molecule has 0 atom stereocenters. The third kappa shape index (κ3) is 3.87. The van der Waals surface area contributed by atoms with Gasteiger partial charge in [0.2, 0.25) is 0 Å². The van der Waals surface area contributed by atoms with Gasteiger partial charge in [-0.15, -0.1) is 11.3 Å². The smallest absolute Gasteiger partial charge is 0.147 e. The number of aromatic nitrogens is 2. The maximum Gasteiger partial charge on any atom is 0.147 e. The third-order valence-corrected chi connectivity index (χ3v) is 5.67. The maximum absolute atomic E-state index is 13.1. The topological polar surface area (TPSA) is 32.3 Å². The van der Waals surface area contributed by atoms with Gasteiger partial charge in [-0.05, 0) is 36.4 Å². The van der Waals surface area contributed by atoms with Gasteiger partial charge in [-0.2, -0.15) is 0 Å². The van der Waals surface area contributed by atoms with Crippen LogP contribution < -0.4 is 4.90 Å². The zero-order valence-electron chi connectivity index (χ0n) is 14.1. The van der Waals surface area contributed by atoms with Crippen molar-refractivity contribution in [2.75, 3.05) is 31.1 Å². The summed E-state index contributed by atoms with van der Waals surface area (Å²) in [6.07, 6.45) is 1.78. The molecule has 4 rings (SSSR count). The van der Waals surface area contributed by atoms with Crippen molar-refractivity contribution in [3.8, 4) is 10.6 Å². The lowest BCUT2D eigenvalue weighted by Crippen LogP contribution is -2.46. The average Bonchev–Trinajstić information content (AvgIpc) is 3.12. The van der Waals surface area contributed by atoms with Crippen molar-refractivity contribution in [2.24, 2.45) is 0 Å². The van der Waals surface area contributed by atoms with Gasteiger partial charge in [0.15, 0.2) is 0 Å². The molecule has 0 radical (unpaired) electrons. The van der Waals surface area contributed by atoms with Crippen LogP contribution in [-0.4, -0.2) is 41.0 Å². The van der Waals surface area contributed by atoms with Crippen LogP contribution in [0.2, 0.25) is 5.02 Å². The molecule has 4 nitrogen and oxygen atoms in total. The molecule has 134 valence electrons. The number of benzene rings is 1. The molecule has 7 heteroatoms. The second-order valence-electron chi connectivity index (χ2n) is 6.22. The summed E-state index contributed by atoms with van der Waals surface area (Å²) in [6, 6.07) is 10.2. The van der Waals surface area contributed by atoms with Gasteiger partial charge in [-0.25, -0.2) is 14.4 Å². The minimum Gasteiger partial charge on any atom is -0.353 e. The fraction of sp³-hybridized carbons (Fsp3) is 0.263. The van der Waals surface area contributed by atoms with Crippen LogP contribution in [0.25, 0.3) is 10.6 Å².